The lowest BCUT2D eigenvalue weighted by Gasteiger charge is -2.28. The van der Waals surface area contributed by atoms with E-state index >= 15 is 0 Å². The second-order valence-corrected chi connectivity index (χ2v) is 15.2. The van der Waals surface area contributed by atoms with Crippen LogP contribution in [0.1, 0.15) is 47.5 Å². The van der Waals surface area contributed by atoms with Crippen LogP contribution in [0.4, 0.5) is 0 Å². The quantitative estimate of drug-likeness (QED) is 0.297. The van der Waals surface area contributed by atoms with Gasteiger partial charge in [-0.2, -0.15) is 0 Å². The molecule has 1 unspecified atom stereocenters. The van der Waals surface area contributed by atoms with Crippen LogP contribution in [0.25, 0.3) is 0 Å². The largest absolute Gasteiger partial charge is 0.500 e. The SMILES string of the molecule is CCO[Si](C)(CCCS(=S)CCC[Si](OCC)(OCC)OCC)OCC. The molecule has 0 spiro atoms. The van der Waals surface area contributed by atoms with Crippen LogP contribution in [0.5, 0.6) is 0 Å². The number of hydrogen-bond donors (Lipinski definition) is 0. The summed E-state index contributed by atoms with van der Waals surface area (Å²) < 4.78 is 29.5. The molecule has 0 N–H and O–H groups in total. The van der Waals surface area contributed by atoms with Gasteiger partial charge in [0.15, 0.2) is 0 Å². The maximum atomic E-state index is 5.91. The standard InChI is InChI=1S/C17H40O5S2Si2/c1-7-18-25(6,19-8-2)16-12-14-24(23)15-13-17-26(20-9-3,21-10-4)22-11-5/h7-17H2,1-6H3. The first-order valence-corrected chi connectivity index (χ1v) is 16.9. The van der Waals surface area contributed by atoms with Gasteiger partial charge in [-0.15, -0.1) is 9.45 Å². The van der Waals surface area contributed by atoms with Gasteiger partial charge in [0.05, 0.1) is 0 Å². The molecule has 9 heteroatoms. The summed E-state index contributed by atoms with van der Waals surface area (Å²) in [5.74, 6) is 2.09. The predicted octanol–water partition coefficient (Wildman–Crippen LogP) is 4.04. The minimum atomic E-state index is -2.52. The first kappa shape index (κ1) is 26.8. The third-order valence-electron chi connectivity index (χ3n) is 3.85. The Hall–Kier alpha value is 0.804. The third-order valence-corrected chi connectivity index (χ3v) is 12.5. The van der Waals surface area contributed by atoms with E-state index in [9.17, 15) is 0 Å². The van der Waals surface area contributed by atoms with Gasteiger partial charge in [-0.1, -0.05) is 11.2 Å². The highest BCUT2D eigenvalue weighted by molar-refractivity contribution is 8.28. The van der Waals surface area contributed by atoms with Crippen molar-refractivity contribution in [1.29, 1.82) is 0 Å². The van der Waals surface area contributed by atoms with E-state index in [0.29, 0.717) is 19.8 Å². The monoisotopic (exact) mass is 444 g/mol. The zero-order valence-corrected chi connectivity index (χ0v) is 21.3. The highest BCUT2D eigenvalue weighted by Gasteiger charge is 2.39. The Labute approximate surface area is 170 Å². The number of hydrogen-bond acceptors (Lipinski definition) is 6. The van der Waals surface area contributed by atoms with Crippen LogP contribution in [0.15, 0.2) is 0 Å². The molecule has 0 aliphatic heterocycles. The van der Waals surface area contributed by atoms with Gasteiger partial charge in [0.2, 0.25) is 0 Å². The van der Waals surface area contributed by atoms with E-state index in [0.717, 1.165) is 49.6 Å². The van der Waals surface area contributed by atoms with Crippen LogP contribution in [-0.4, -0.2) is 61.9 Å². The van der Waals surface area contributed by atoms with E-state index in [-0.39, 0.29) is 9.45 Å². The van der Waals surface area contributed by atoms with Gasteiger partial charge in [0.25, 0.3) is 0 Å². The zero-order chi connectivity index (χ0) is 19.9. The van der Waals surface area contributed by atoms with Crippen molar-refractivity contribution in [2.75, 3.05) is 44.5 Å². The van der Waals surface area contributed by atoms with Gasteiger partial charge in [0.1, 0.15) is 0 Å². The minimum Gasteiger partial charge on any atom is -0.395 e. The summed E-state index contributed by atoms with van der Waals surface area (Å²) in [6.07, 6.45) is 2.09. The van der Waals surface area contributed by atoms with Crippen LogP contribution in [0.2, 0.25) is 18.6 Å². The van der Waals surface area contributed by atoms with Gasteiger partial charge < -0.3 is 22.1 Å². The van der Waals surface area contributed by atoms with E-state index in [1.54, 1.807) is 0 Å². The van der Waals surface area contributed by atoms with E-state index in [1.165, 1.54) is 0 Å². The van der Waals surface area contributed by atoms with Crippen molar-refractivity contribution >= 4 is 38.0 Å². The van der Waals surface area contributed by atoms with Crippen molar-refractivity contribution < 1.29 is 22.1 Å². The molecule has 0 rings (SSSR count). The molecule has 0 radical (unpaired) electrons. The maximum absolute atomic E-state index is 5.91. The molecule has 0 amide bonds. The summed E-state index contributed by atoms with van der Waals surface area (Å²) in [5, 5.41) is 0. The van der Waals surface area contributed by atoms with Crippen LogP contribution in [0, 0.1) is 0 Å². The molecule has 5 nitrogen and oxygen atoms in total. The van der Waals surface area contributed by atoms with Gasteiger partial charge in [-0.05, 0) is 71.6 Å². The van der Waals surface area contributed by atoms with Gasteiger partial charge in [0, 0.05) is 39.1 Å². The molecule has 0 aromatic carbocycles. The van der Waals surface area contributed by atoms with Crippen molar-refractivity contribution in [1.82, 2.24) is 0 Å². The van der Waals surface area contributed by atoms with Crippen LogP contribution >= 0.6 is 0 Å². The Bertz CT molecular complexity index is 352. The molecule has 0 saturated carbocycles. The smallest absolute Gasteiger partial charge is 0.395 e. The molecule has 0 heterocycles. The Kier molecular flexibility index (Phi) is 16.2. The minimum absolute atomic E-state index is 0.00908. The average molecular weight is 445 g/mol. The lowest BCUT2D eigenvalue weighted by Crippen LogP contribution is -2.46. The van der Waals surface area contributed by atoms with E-state index in [2.05, 4.69) is 6.55 Å². The van der Waals surface area contributed by atoms with Crippen LogP contribution < -0.4 is 0 Å². The zero-order valence-electron chi connectivity index (χ0n) is 17.6. The fourth-order valence-electron chi connectivity index (χ4n) is 2.90. The Balaban J connectivity index is 4.30. The molecule has 0 bridgehead atoms. The molecular weight excluding hydrogens is 404 g/mol. The summed E-state index contributed by atoms with van der Waals surface area (Å²) >= 11 is 5.69. The van der Waals surface area contributed by atoms with Gasteiger partial charge >= 0.3 is 17.4 Å². The van der Waals surface area contributed by atoms with Gasteiger partial charge in [-0.25, -0.2) is 0 Å². The van der Waals surface area contributed by atoms with Crippen molar-refractivity contribution in [3.8, 4) is 0 Å². The Morgan fingerprint density at radius 1 is 0.654 bits per heavy atom. The van der Waals surface area contributed by atoms with Crippen molar-refractivity contribution in [2.24, 2.45) is 0 Å². The van der Waals surface area contributed by atoms with Crippen molar-refractivity contribution in [3.05, 3.63) is 0 Å². The molecule has 0 aliphatic rings. The molecule has 0 aromatic rings. The van der Waals surface area contributed by atoms with E-state index < -0.39 is 17.4 Å². The summed E-state index contributed by atoms with van der Waals surface area (Å²) in [4.78, 5) is 0. The first-order chi connectivity index (χ1) is 12.4. The second kappa shape index (κ2) is 15.7. The van der Waals surface area contributed by atoms with Gasteiger partial charge in [-0.3, -0.25) is 0 Å². The molecule has 26 heavy (non-hydrogen) atoms. The number of rotatable bonds is 18. The summed E-state index contributed by atoms with van der Waals surface area (Å²) in [6.45, 7) is 15.5. The fourth-order valence-corrected chi connectivity index (χ4v) is 10.3. The third kappa shape index (κ3) is 11.6. The topological polar surface area (TPSA) is 46.2 Å². The molecule has 1 atom stereocenters. The second-order valence-electron chi connectivity index (χ2n) is 6.04. The highest BCUT2D eigenvalue weighted by atomic mass is 32.8. The first-order valence-electron chi connectivity index (χ1n) is 9.95. The van der Waals surface area contributed by atoms with Crippen molar-refractivity contribution in [2.45, 2.75) is 66.1 Å². The fraction of sp³-hybridized carbons (Fsp3) is 1.00. The predicted molar refractivity (Wildman–Crippen MR) is 119 cm³/mol. The van der Waals surface area contributed by atoms with Crippen molar-refractivity contribution in [3.63, 3.8) is 0 Å². The molecule has 0 aliphatic carbocycles. The molecule has 0 aromatic heterocycles. The average Bonchev–Trinajstić information content (AvgIpc) is 2.56. The Morgan fingerprint density at radius 3 is 1.42 bits per heavy atom. The summed E-state index contributed by atoms with van der Waals surface area (Å²) in [6, 6.07) is 1.87. The molecule has 158 valence electrons. The summed E-state index contributed by atoms with van der Waals surface area (Å²) in [7, 11) is -4.53. The lowest BCUT2D eigenvalue weighted by atomic mass is 10.6. The summed E-state index contributed by atoms with van der Waals surface area (Å²) in [5.41, 5.74) is 0. The van der Waals surface area contributed by atoms with Crippen LogP contribution in [-0.2, 0) is 42.8 Å². The molecule has 0 saturated heterocycles. The van der Waals surface area contributed by atoms with E-state index in [1.807, 2.05) is 34.6 Å². The maximum Gasteiger partial charge on any atom is 0.500 e. The Morgan fingerprint density at radius 2 is 1.04 bits per heavy atom. The molecular formula is C17H40O5S2Si2. The normalized spacial score (nSPS) is 13.9. The van der Waals surface area contributed by atoms with E-state index in [4.69, 9.17) is 33.3 Å². The highest BCUT2D eigenvalue weighted by Crippen LogP contribution is 2.19. The lowest BCUT2D eigenvalue weighted by molar-refractivity contribution is 0.0712. The van der Waals surface area contributed by atoms with Crippen LogP contribution in [0.3, 0.4) is 0 Å². The molecule has 0 fully saturated rings.